The summed E-state index contributed by atoms with van der Waals surface area (Å²) in [6, 6.07) is 10.3. The Kier molecular flexibility index (Phi) is 5.73. The van der Waals surface area contributed by atoms with Crippen molar-refractivity contribution in [2.45, 2.75) is 30.7 Å². The van der Waals surface area contributed by atoms with E-state index in [2.05, 4.69) is 29.7 Å². The minimum Gasteiger partial charge on any atom is -0.354 e. The number of carbonyl (C=O) groups excluding carboxylic acids is 1. The first-order chi connectivity index (χ1) is 9.27. The minimum atomic E-state index is -0.00419. The van der Waals surface area contributed by atoms with Crippen LogP contribution in [0.2, 0.25) is 0 Å². The van der Waals surface area contributed by atoms with Crippen LogP contribution in [0.15, 0.2) is 35.2 Å². The van der Waals surface area contributed by atoms with Gasteiger partial charge < -0.3 is 10.6 Å². The summed E-state index contributed by atoms with van der Waals surface area (Å²) < 4.78 is 0. The number of rotatable bonds is 5. The first kappa shape index (κ1) is 14.4. The van der Waals surface area contributed by atoms with Gasteiger partial charge in [0.1, 0.15) is 0 Å². The van der Waals surface area contributed by atoms with Gasteiger partial charge in [0.05, 0.1) is 6.04 Å². The Bertz CT molecular complexity index is 396. The molecule has 0 aromatic heterocycles. The van der Waals surface area contributed by atoms with Crippen molar-refractivity contribution < 1.29 is 4.79 Å². The van der Waals surface area contributed by atoms with Gasteiger partial charge in [0.2, 0.25) is 5.91 Å². The molecule has 1 fully saturated rings. The summed E-state index contributed by atoms with van der Waals surface area (Å²) in [5.74, 6) is 1.51. The Morgan fingerprint density at radius 2 is 2.21 bits per heavy atom. The van der Waals surface area contributed by atoms with Crippen molar-refractivity contribution in [2.75, 3.05) is 18.8 Å². The van der Waals surface area contributed by atoms with Gasteiger partial charge in [-0.1, -0.05) is 25.1 Å². The molecule has 4 heteroatoms. The van der Waals surface area contributed by atoms with Crippen LogP contribution in [0.5, 0.6) is 0 Å². The van der Waals surface area contributed by atoms with Crippen molar-refractivity contribution in [3.63, 3.8) is 0 Å². The van der Waals surface area contributed by atoms with E-state index in [4.69, 9.17) is 0 Å². The van der Waals surface area contributed by atoms with E-state index in [1.165, 1.54) is 11.3 Å². The van der Waals surface area contributed by atoms with Crippen LogP contribution in [-0.2, 0) is 4.79 Å². The first-order valence-corrected chi connectivity index (χ1v) is 7.95. The monoisotopic (exact) mass is 278 g/mol. The number of benzene rings is 1. The average molecular weight is 278 g/mol. The molecule has 1 aromatic rings. The lowest BCUT2D eigenvalue weighted by Crippen LogP contribution is -2.51. The third-order valence-corrected chi connectivity index (χ3v) is 4.48. The molecule has 1 heterocycles. The van der Waals surface area contributed by atoms with Crippen LogP contribution in [0, 0.1) is 5.92 Å². The zero-order valence-electron chi connectivity index (χ0n) is 11.4. The van der Waals surface area contributed by atoms with Crippen LogP contribution >= 0.6 is 11.8 Å². The maximum atomic E-state index is 12.0. The molecule has 1 aromatic carbocycles. The Morgan fingerprint density at radius 1 is 1.42 bits per heavy atom. The van der Waals surface area contributed by atoms with Crippen LogP contribution in [0.25, 0.3) is 0 Å². The highest BCUT2D eigenvalue weighted by atomic mass is 32.2. The maximum absolute atomic E-state index is 12.0. The molecule has 1 aliphatic heterocycles. The molecule has 0 saturated carbocycles. The standard InChI is InChI=1S/C15H22N2OS/c1-12-6-5-9-16-14(12)15(18)17-10-11-19-13-7-3-2-4-8-13/h2-4,7-8,12,14,16H,5-6,9-11H2,1H3,(H,17,18). The summed E-state index contributed by atoms with van der Waals surface area (Å²) >= 11 is 1.77. The Balaban J connectivity index is 1.66. The smallest absolute Gasteiger partial charge is 0.237 e. The SMILES string of the molecule is CC1CCCNC1C(=O)NCCSc1ccccc1. The second-order valence-electron chi connectivity index (χ2n) is 5.00. The Morgan fingerprint density at radius 3 is 2.95 bits per heavy atom. The molecule has 19 heavy (non-hydrogen) atoms. The molecule has 2 N–H and O–H groups in total. The van der Waals surface area contributed by atoms with Crippen LogP contribution in [0.1, 0.15) is 19.8 Å². The zero-order chi connectivity index (χ0) is 13.5. The number of hydrogen-bond donors (Lipinski definition) is 2. The molecule has 0 radical (unpaired) electrons. The average Bonchev–Trinajstić information content (AvgIpc) is 2.45. The molecular formula is C15H22N2OS. The predicted octanol–water partition coefficient (Wildman–Crippen LogP) is 2.28. The number of nitrogens with one attached hydrogen (secondary N) is 2. The van der Waals surface area contributed by atoms with E-state index in [0.29, 0.717) is 5.92 Å². The van der Waals surface area contributed by atoms with E-state index >= 15 is 0 Å². The van der Waals surface area contributed by atoms with E-state index in [9.17, 15) is 4.79 Å². The molecule has 0 spiro atoms. The number of thioether (sulfide) groups is 1. The van der Waals surface area contributed by atoms with Gasteiger partial charge in [0.25, 0.3) is 0 Å². The molecule has 3 nitrogen and oxygen atoms in total. The zero-order valence-corrected chi connectivity index (χ0v) is 12.2. The largest absolute Gasteiger partial charge is 0.354 e. The van der Waals surface area contributed by atoms with Gasteiger partial charge in [-0.2, -0.15) is 0 Å². The second-order valence-corrected chi connectivity index (χ2v) is 6.17. The first-order valence-electron chi connectivity index (χ1n) is 6.96. The number of amides is 1. The molecular weight excluding hydrogens is 256 g/mol. The van der Waals surface area contributed by atoms with Gasteiger partial charge in [-0.05, 0) is 37.4 Å². The summed E-state index contributed by atoms with van der Waals surface area (Å²) in [6.45, 7) is 3.83. The van der Waals surface area contributed by atoms with Crippen molar-refractivity contribution >= 4 is 17.7 Å². The van der Waals surface area contributed by atoms with Crippen LogP contribution in [-0.4, -0.2) is 30.8 Å². The summed E-state index contributed by atoms with van der Waals surface area (Å²) in [4.78, 5) is 13.3. The van der Waals surface area contributed by atoms with Crippen LogP contribution < -0.4 is 10.6 Å². The van der Waals surface area contributed by atoms with Gasteiger partial charge >= 0.3 is 0 Å². The third kappa shape index (κ3) is 4.55. The van der Waals surface area contributed by atoms with Crippen LogP contribution in [0.4, 0.5) is 0 Å². The van der Waals surface area contributed by atoms with Gasteiger partial charge in [-0.15, -0.1) is 11.8 Å². The number of hydrogen-bond acceptors (Lipinski definition) is 3. The second kappa shape index (κ2) is 7.56. The van der Waals surface area contributed by atoms with Crippen LogP contribution in [0.3, 0.4) is 0 Å². The number of piperidine rings is 1. The van der Waals surface area contributed by atoms with E-state index in [0.717, 1.165) is 25.3 Å². The van der Waals surface area contributed by atoms with E-state index < -0.39 is 0 Å². The summed E-state index contributed by atoms with van der Waals surface area (Å²) in [6.07, 6.45) is 2.32. The fourth-order valence-corrected chi connectivity index (χ4v) is 3.16. The predicted molar refractivity (Wildman–Crippen MR) is 80.4 cm³/mol. The van der Waals surface area contributed by atoms with Crippen molar-refractivity contribution in [3.8, 4) is 0 Å². The van der Waals surface area contributed by atoms with Gasteiger partial charge in [0, 0.05) is 17.2 Å². The Hall–Kier alpha value is -1.00. The molecule has 0 bridgehead atoms. The molecule has 104 valence electrons. The lowest BCUT2D eigenvalue weighted by molar-refractivity contribution is -0.124. The summed E-state index contributed by atoms with van der Waals surface area (Å²) in [7, 11) is 0. The lowest BCUT2D eigenvalue weighted by atomic mass is 9.92. The van der Waals surface area contributed by atoms with Gasteiger partial charge in [0.15, 0.2) is 0 Å². The highest BCUT2D eigenvalue weighted by Gasteiger charge is 2.26. The fraction of sp³-hybridized carbons (Fsp3) is 0.533. The highest BCUT2D eigenvalue weighted by Crippen LogP contribution is 2.17. The molecule has 2 atom stereocenters. The molecule has 0 aliphatic carbocycles. The van der Waals surface area contributed by atoms with Crippen molar-refractivity contribution in [1.82, 2.24) is 10.6 Å². The van der Waals surface area contributed by atoms with E-state index in [-0.39, 0.29) is 11.9 Å². The van der Waals surface area contributed by atoms with Crippen molar-refractivity contribution in [2.24, 2.45) is 5.92 Å². The molecule has 2 rings (SSSR count). The highest BCUT2D eigenvalue weighted by molar-refractivity contribution is 7.99. The summed E-state index contributed by atoms with van der Waals surface area (Å²) in [5, 5.41) is 6.34. The summed E-state index contributed by atoms with van der Waals surface area (Å²) in [5.41, 5.74) is 0. The van der Waals surface area contributed by atoms with Gasteiger partial charge in [-0.25, -0.2) is 0 Å². The van der Waals surface area contributed by atoms with E-state index in [1.54, 1.807) is 11.8 Å². The lowest BCUT2D eigenvalue weighted by Gasteiger charge is -2.28. The van der Waals surface area contributed by atoms with E-state index in [1.807, 2.05) is 18.2 Å². The topological polar surface area (TPSA) is 41.1 Å². The maximum Gasteiger partial charge on any atom is 0.237 e. The molecule has 1 saturated heterocycles. The van der Waals surface area contributed by atoms with Crippen molar-refractivity contribution in [3.05, 3.63) is 30.3 Å². The molecule has 1 aliphatic rings. The fourth-order valence-electron chi connectivity index (χ4n) is 2.37. The number of carbonyl (C=O) groups is 1. The molecule has 2 unspecified atom stereocenters. The third-order valence-electron chi connectivity index (χ3n) is 3.47. The molecule has 1 amide bonds. The normalized spacial score (nSPS) is 23.0. The van der Waals surface area contributed by atoms with Gasteiger partial charge in [-0.3, -0.25) is 4.79 Å². The Labute approximate surface area is 119 Å². The minimum absolute atomic E-state index is 0.00419. The quantitative estimate of drug-likeness (QED) is 0.641. The van der Waals surface area contributed by atoms with Crippen molar-refractivity contribution in [1.29, 1.82) is 0 Å².